The van der Waals surface area contributed by atoms with Gasteiger partial charge in [-0.3, -0.25) is 0 Å². The van der Waals surface area contributed by atoms with Gasteiger partial charge in [0.2, 0.25) is 0 Å². The van der Waals surface area contributed by atoms with Gasteiger partial charge in [-0.1, -0.05) is 6.07 Å². The monoisotopic (exact) mass is 304 g/mol. The molecule has 0 spiro atoms. The standard InChI is InChI=1S/C14H17BF4O2/c1-8-6-10(11(16)7-9(8)14(17,18)19)15-20-12(2,3)13(4,5)21-15/h6-7H,1-5H3. The van der Waals surface area contributed by atoms with Gasteiger partial charge in [0.25, 0.3) is 0 Å². The molecule has 0 atom stereocenters. The molecule has 1 heterocycles. The van der Waals surface area contributed by atoms with E-state index in [-0.39, 0.29) is 11.0 Å². The van der Waals surface area contributed by atoms with E-state index < -0.39 is 35.9 Å². The molecule has 7 heteroatoms. The molecule has 1 aromatic rings. The summed E-state index contributed by atoms with van der Waals surface area (Å²) in [6.07, 6.45) is -4.58. The van der Waals surface area contributed by atoms with E-state index in [0.29, 0.717) is 6.07 Å². The minimum Gasteiger partial charge on any atom is -0.399 e. The van der Waals surface area contributed by atoms with E-state index >= 15 is 0 Å². The van der Waals surface area contributed by atoms with Gasteiger partial charge in [0.1, 0.15) is 5.82 Å². The number of aryl methyl sites for hydroxylation is 1. The summed E-state index contributed by atoms with van der Waals surface area (Å²) in [6, 6.07) is 1.63. The first-order valence-corrected chi connectivity index (χ1v) is 6.58. The molecule has 0 N–H and O–H groups in total. The molecule has 0 bridgehead atoms. The molecule has 2 rings (SSSR count). The largest absolute Gasteiger partial charge is 0.497 e. The summed E-state index contributed by atoms with van der Waals surface area (Å²) in [5, 5.41) is 0. The first-order valence-electron chi connectivity index (χ1n) is 6.58. The average molecular weight is 304 g/mol. The maximum absolute atomic E-state index is 14.1. The van der Waals surface area contributed by atoms with Crippen molar-refractivity contribution in [1.29, 1.82) is 0 Å². The summed E-state index contributed by atoms with van der Waals surface area (Å²) in [5.41, 5.74) is -2.42. The van der Waals surface area contributed by atoms with Gasteiger partial charge in [-0.05, 0) is 46.2 Å². The minimum absolute atomic E-state index is 0.0147. The van der Waals surface area contributed by atoms with Crippen LogP contribution in [0, 0.1) is 12.7 Å². The van der Waals surface area contributed by atoms with Gasteiger partial charge in [0, 0.05) is 5.46 Å². The van der Waals surface area contributed by atoms with Gasteiger partial charge < -0.3 is 9.31 Å². The Morgan fingerprint density at radius 1 is 1.00 bits per heavy atom. The second kappa shape index (κ2) is 4.71. The van der Waals surface area contributed by atoms with E-state index in [4.69, 9.17) is 9.31 Å². The third-order valence-electron chi connectivity index (χ3n) is 4.16. The Labute approximate surface area is 121 Å². The van der Waals surface area contributed by atoms with Crippen molar-refractivity contribution in [3.8, 4) is 0 Å². The third-order valence-corrected chi connectivity index (χ3v) is 4.16. The highest BCUT2D eigenvalue weighted by Crippen LogP contribution is 2.37. The number of hydrogen-bond donors (Lipinski definition) is 0. The van der Waals surface area contributed by atoms with Crippen molar-refractivity contribution >= 4 is 12.6 Å². The van der Waals surface area contributed by atoms with Crippen LogP contribution in [0.2, 0.25) is 0 Å². The zero-order valence-electron chi connectivity index (χ0n) is 12.6. The van der Waals surface area contributed by atoms with Crippen molar-refractivity contribution in [2.24, 2.45) is 0 Å². The number of rotatable bonds is 1. The summed E-state index contributed by atoms with van der Waals surface area (Å²) in [5.74, 6) is -0.980. The van der Waals surface area contributed by atoms with Crippen molar-refractivity contribution < 1.29 is 26.9 Å². The predicted octanol–water partition coefficient (Wildman–Crippen LogP) is 3.45. The van der Waals surface area contributed by atoms with Crippen molar-refractivity contribution in [3.63, 3.8) is 0 Å². The fourth-order valence-corrected chi connectivity index (χ4v) is 2.16. The Morgan fingerprint density at radius 3 is 1.90 bits per heavy atom. The van der Waals surface area contributed by atoms with Crippen molar-refractivity contribution in [1.82, 2.24) is 0 Å². The number of halogens is 4. The second-order valence-electron chi connectivity index (χ2n) is 6.27. The number of hydrogen-bond acceptors (Lipinski definition) is 2. The van der Waals surface area contributed by atoms with E-state index in [1.165, 1.54) is 6.92 Å². The fraction of sp³-hybridized carbons (Fsp3) is 0.571. The van der Waals surface area contributed by atoms with Gasteiger partial charge in [0.05, 0.1) is 16.8 Å². The van der Waals surface area contributed by atoms with Gasteiger partial charge in [-0.25, -0.2) is 4.39 Å². The van der Waals surface area contributed by atoms with Crippen LogP contribution in [0.4, 0.5) is 17.6 Å². The maximum Gasteiger partial charge on any atom is 0.497 e. The smallest absolute Gasteiger partial charge is 0.399 e. The van der Waals surface area contributed by atoms with Crippen LogP contribution in [0.3, 0.4) is 0 Å². The van der Waals surface area contributed by atoms with Crippen LogP contribution in [0.5, 0.6) is 0 Å². The second-order valence-corrected chi connectivity index (χ2v) is 6.27. The van der Waals surface area contributed by atoms with E-state index in [1.54, 1.807) is 27.7 Å². The number of benzene rings is 1. The zero-order valence-corrected chi connectivity index (χ0v) is 12.6. The summed E-state index contributed by atoms with van der Waals surface area (Å²) in [6.45, 7) is 8.46. The van der Waals surface area contributed by atoms with Crippen LogP contribution in [-0.4, -0.2) is 18.3 Å². The molecule has 2 nitrogen and oxygen atoms in total. The summed E-state index contributed by atoms with van der Waals surface area (Å²) >= 11 is 0. The van der Waals surface area contributed by atoms with Crippen LogP contribution in [0.25, 0.3) is 0 Å². The highest BCUT2D eigenvalue weighted by molar-refractivity contribution is 6.62. The van der Waals surface area contributed by atoms with Crippen LogP contribution < -0.4 is 5.46 Å². The Kier molecular flexibility index (Phi) is 3.66. The van der Waals surface area contributed by atoms with Gasteiger partial charge in [-0.2, -0.15) is 13.2 Å². The molecule has 1 fully saturated rings. The Hall–Kier alpha value is -1.08. The van der Waals surface area contributed by atoms with Gasteiger partial charge in [-0.15, -0.1) is 0 Å². The first kappa shape index (κ1) is 16.3. The lowest BCUT2D eigenvalue weighted by molar-refractivity contribution is -0.138. The Balaban J connectivity index is 2.42. The Morgan fingerprint density at radius 2 is 1.48 bits per heavy atom. The summed E-state index contributed by atoms with van der Waals surface area (Å²) < 4.78 is 63.7. The highest BCUT2D eigenvalue weighted by Gasteiger charge is 2.52. The lowest BCUT2D eigenvalue weighted by Gasteiger charge is -2.32. The van der Waals surface area contributed by atoms with E-state index in [2.05, 4.69) is 0 Å². The third kappa shape index (κ3) is 2.81. The molecule has 0 aliphatic carbocycles. The molecule has 1 aliphatic heterocycles. The average Bonchev–Trinajstić information content (AvgIpc) is 2.49. The maximum atomic E-state index is 14.1. The molecule has 0 amide bonds. The fourth-order valence-electron chi connectivity index (χ4n) is 2.16. The molecule has 1 saturated heterocycles. The van der Waals surface area contributed by atoms with Crippen molar-refractivity contribution in [3.05, 3.63) is 29.1 Å². The number of alkyl halides is 3. The van der Waals surface area contributed by atoms with E-state index in [1.807, 2.05) is 0 Å². The predicted molar refractivity (Wildman–Crippen MR) is 71.9 cm³/mol. The molecule has 0 radical (unpaired) electrons. The van der Waals surface area contributed by atoms with Crippen LogP contribution in [0.15, 0.2) is 12.1 Å². The van der Waals surface area contributed by atoms with Crippen molar-refractivity contribution in [2.45, 2.75) is 52.0 Å². The minimum atomic E-state index is -4.58. The van der Waals surface area contributed by atoms with Crippen LogP contribution >= 0.6 is 0 Å². The molecular weight excluding hydrogens is 287 g/mol. The quantitative estimate of drug-likeness (QED) is 0.584. The van der Waals surface area contributed by atoms with Crippen LogP contribution in [0.1, 0.15) is 38.8 Å². The molecule has 1 aromatic carbocycles. The molecule has 1 aliphatic rings. The molecule has 0 aromatic heterocycles. The summed E-state index contributed by atoms with van der Waals surface area (Å²) in [7, 11) is -1.02. The van der Waals surface area contributed by atoms with Crippen molar-refractivity contribution in [2.75, 3.05) is 0 Å². The molecule has 0 saturated carbocycles. The van der Waals surface area contributed by atoms with E-state index in [0.717, 1.165) is 6.07 Å². The summed E-state index contributed by atoms with van der Waals surface area (Å²) in [4.78, 5) is 0. The van der Waals surface area contributed by atoms with Gasteiger partial charge in [0.15, 0.2) is 0 Å². The Bertz CT molecular complexity index is 551. The highest BCUT2D eigenvalue weighted by atomic mass is 19.4. The zero-order chi connectivity index (χ0) is 16.2. The molecule has 0 unspecified atom stereocenters. The molecule has 116 valence electrons. The normalized spacial score (nSPS) is 20.9. The topological polar surface area (TPSA) is 18.5 Å². The molecule has 21 heavy (non-hydrogen) atoms. The van der Waals surface area contributed by atoms with E-state index in [9.17, 15) is 17.6 Å². The van der Waals surface area contributed by atoms with Crippen LogP contribution in [-0.2, 0) is 15.5 Å². The van der Waals surface area contributed by atoms with Gasteiger partial charge >= 0.3 is 13.3 Å². The SMILES string of the molecule is Cc1cc(B2OC(C)(C)C(C)(C)O2)c(F)cc1C(F)(F)F. The molecular formula is C14H17BF4O2. The lowest BCUT2D eigenvalue weighted by Crippen LogP contribution is -2.41. The lowest BCUT2D eigenvalue weighted by atomic mass is 9.77. The first-order chi connectivity index (χ1) is 9.35.